The predicted molar refractivity (Wildman–Crippen MR) is 75.3 cm³/mol. The van der Waals surface area contributed by atoms with Crippen LogP contribution in [0.2, 0.25) is 0 Å². The summed E-state index contributed by atoms with van der Waals surface area (Å²) in [7, 11) is 0. The van der Waals surface area contributed by atoms with Crippen molar-refractivity contribution in [3.63, 3.8) is 0 Å². The second kappa shape index (κ2) is 6.12. The van der Waals surface area contributed by atoms with Gasteiger partial charge in [-0.25, -0.2) is 0 Å². The van der Waals surface area contributed by atoms with Gasteiger partial charge in [0.25, 0.3) is 0 Å². The summed E-state index contributed by atoms with van der Waals surface area (Å²) < 4.78 is 5.37. The molecule has 0 unspecified atom stereocenters. The zero-order valence-electron chi connectivity index (χ0n) is 10.9. The molecule has 0 spiro atoms. The fourth-order valence-corrected chi connectivity index (χ4v) is 3.02. The van der Waals surface area contributed by atoms with Crippen molar-refractivity contribution >= 4 is 17.4 Å². The molecule has 0 aromatic heterocycles. The lowest BCUT2D eigenvalue weighted by molar-refractivity contribution is 0.122. The first-order chi connectivity index (χ1) is 8.76. The molecule has 1 saturated heterocycles. The average molecular weight is 262 g/mol. The Labute approximate surface area is 113 Å². The number of hydrogen-bond donors (Lipinski definition) is 0. The van der Waals surface area contributed by atoms with Crippen LogP contribution in [0.15, 0.2) is 17.0 Å². The molecule has 0 atom stereocenters. The van der Waals surface area contributed by atoms with Gasteiger partial charge in [0.1, 0.15) is 6.07 Å². The second-order valence-electron chi connectivity index (χ2n) is 4.28. The van der Waals surface area contributed by atoms with Crippen molar-refractivity contribution in [3.05, 3.63) is 23.3 Å². The highest BCUT2D eigenvalue weighted by molar-refractivity contribution is 7.99. The van der Waals surface area contributed by atoms with Crippen molar-refractivity contribution in [3.8, 4) is 6.07 Å². The Morgan fingerprint density at radius 3 is 2.72 bits per heavy atom. The first kappa shape index (κ1) is 13.3. The Hall–Kier alpha value is -1.18. The molecular formula is C14H18N2OS. The van der Waals surface area contributed by atoms with Crippen molar-refractivity contribution in [1.29, 1.82) is 5.26 Å². The van der Waals surface area contributed by atoms with E-state index >= 15 is 0 Å². The van der Waals surface area contributed by atoms with Gasteiger partial charge in [0.15, 0.2) is 0 Å². The Morgan fingerprint density at radius 2 is 2.11 bits per heavy atom. The largest absolute Gasteiger partial charge is 0.378 e. The summed E-state index contributed by atoms with van der Waals surface area (Å²) in [5.41, 5.74) is 3.10. The highest BCUT2D eigenvalue weighted by atomic mass is 32.2. The average Bonchev–Trinajstić information content (AvgIpc) is 2.40. The van der Waals surface area contributed by atoms with Gasteiger partial charge in [0, 0.05) is 23.7 Å². The third-order valence-corrected chi connectivity index (χ3v) is 3.99. The molecule has 1 aromatic rings. The zero-order valence-corrected chi connectivity index (χ0v) is 11.7. The minimum absolute atomic E-state index is 0.787. The first-order valence-electron chi connectivity index (χ1n) is 6.26. The van der Waals surface area contributed by atoms with Gasteiger partial charge in [-0.15, -0.1) is 11.8 Å². The van der Waals surface area contributed by atoms with E-state index in [2.05, 4.69) is 30.0 Å². The van der Waals surface area contributed by atoms with Crippen LogP contribution < -0.4 is 4.90 Å². The Morgan fingerprint density at radius 1 is 1.39 bits per heavy atom. The van der Waals surface area contributed by atoms with Gasteiger partial charge >= 0.3 is 0 Å². The minimum atomic E-state index is 0.787. The predicted octanol–water partition coefficient (Wildman–Crippen LogP) is 2.82. The quantitative estimate of drug-likeness (QED) is 0.785. The molecule has 0 amide bonds. The number of thioether (sulfide) groups is 1. The smallest absolute Gasteiger partial charge is 0.101 e. The van der Waals surface area contributed by atoms with Crippen molar-refractivity contribution in [1.82, 2.24) is 0 Å². The van der Waals surface area contributed by atoms with Gasteiger partial charge in [0.2, 0.25) is 0 Å². The topological polar surface area (TPSA) is 36.3 Å². The number of anilines is 1. The molecule has 0 bridgehead atoms. The molecule has 0 N–H and O–H groups in total. The maximum atomic E-state index is 9.23. The van der Waals surface area contributed by atoms with Crippen LogP contribution in [0.1, 0.15) is 18.1 Å². The third kappa shape index (κ3) is 2.80. The van der Waals surface area contributed by atoms with Crippen LogP contribution in [0.5, 0.6) is 0 Å². The molecule has 0 aliphatic carbocycles. The van der Waals surface area contributed by atoms with E-state index in [-0.39, 0.29) is 0 Å². The van der Waals surface area contributed by atoms with E-state index in [1.165, 1.54) is 5.69 Å². The second-order valence-corrected chi connectivity index (χ2v) is 5.59. The molecule has 4 heteroatoms. The lowest BCUT2D eigenvalue weighted by atomic mass is 10.1. The number of benzene rings is 1. The van der Waals surface area contributed by atoms with Crippen LogP contribution in [0, 0.1) is 18.3 Å². The van der Waals surface area contributed by atoms with E-state index in [9.17, 15) is 5.26 Å². The summed E-state index contributed by atoms with van der Waals surface area (Å²) in [6, 6.07) is 6.57. The fourth-order valence-electron chi connectivity index (χ4n) is 2.15. The summed E-state index contributed by atoms with van der Waals surface area (Å²) in [5.74, 6) is 0.987. The molecule has 96 valence electrons. The number of rotatable bonds is 3. The van der Waals surface area contributed by atoms with E-state index in [1.54, 1.807) is 11.8 Å². The summed E-state index contributed by atoms with van der Waals surface area (Å²) in [4.78, 5) is 3.43. The Balaban J connectivity index is 2.34. The molecule has 3 nitrogen and oxygen atoms in total. The van der Waals surface area contributed by atoms with E-state index in [0.717, 1.165) is 48.1 Å². The molecule has 0 saturated carbocycles. The monoisotopic (exact) mass is 262 g/mol. The lowest BCUT2D eigenvalue weighted by Crippen LogP contribution is -2.36. The minimum Gasteiger partial charge on any atom is -0.378 e. The maximum absolute atomic E-state index is 9.23. The maximum Gasteiger partial charge on any atom is 0.101 e. The van der Waals surface area contributed by atoms with E-state index < -0.39 is 0 Å². The summed E-state index contributed by atoms with van der Waals surface area (Å²) in [5, 5.41) is 9.23. The molecule has 18 heavy (non-hydrogen) atoms. The van der Waals surface area contributed by atoms with E-state index in [1.807, 2.05) is 6.92 Å². The van der Waals surface area contributed by atoms with Crippen molar-refractivity contribution in [2.75, 3.05) is 37.0 Å². The van der Waals surface area contributed by atoms with Crippen LogP contribution in [0.4, 0.5) is 5.69 Å². The number of hydrogen-bond acceptors (Lipinski definition) is 4. The SMILES string of the molecule is CCSc1cc(N2CCOCC2)cc(C)c1C#N. The Kier molecular flexibility index (Phi) is 4.51. The zero-order chi connectivity index (χ0) is 13.0. The number of nitrogens with zero attached hydrogens (tertiary/aromatic N) is 2. The molecular weight excluding hydrogens is 244 g/mol. The van der Waals surface area contributed by atoms with Gasteiger partial charge < -0.3 is 9.64 Å². The summed E-state index contributed by atoms with van der Waals surface area (Å²) in [6.45, 7) is 7.57. The first-order valence-corrected chi connectivity index (χ1v) is 7.25. The van der Waals surface area contributed by atoms with E-state index in [4.69, 9.17) is 4.74 Å². The van der Waals surface area contributed by atoms with Crippen molar-refractivity contribution < 1.29 is 4.74 Å². The highest BCUT2D eigenvalue weighted by Crippen LogP contribution is 2.30. The van der Waals surface area contributed by atoms with Gasteiger partial charge in [-0.2, -0.15) is 5.26 Å². The number of nitriles is 1. The molecule has 1 aliphatic heterocycles. The van der Waals surface area contributed by atoms with Crippen molar-refractivity contribution in [2.24, 2.45) is 0 Å². The normalized spacial score (nSPS) is 15.5. The van der Waals surface area contributed by atoms with Crippen molar-refractivity contribution in [2.45, 2.75) is 18.7 Å². The summed E-state index contributed by atoms with van der Waals surface area (Å²) >= 11 is 1.74. The van der Waals surface area contributed by atoms with E-state index in [0.29, 0.717) is 0 Å². The third-order valence-electron chi connectivity index (χ3n) is 3.07. The molecule has 1 fully saturated rings. The Bertz CT molecular complexity index is 462. The van der Waals surface area contributed by atoms with Crippen LogP contribution in [0.3, 0.4) is 0 Å². The molecule has 2 rings (SSSR count). The van der Waals surface area contributed by atoms with Gasteiger partial charge in [0.05, 0.1) is 18.8 Å². The highest BCUT2D eigenvalue weighted by Gasteiger charge is 2.15. The van der Waals surface area contributed by atoms with Crippen LogP contribution >= 0.6 is 11.8 Å². The lowest BCUT2D eigenvalue weighted by Gasteiger charge is -2.29. The fraction of sp³-hybridized carbons (Fsp3) is 0.500. The van der Waals surface area contributed by atoms with Crippen LogP contribution in [-0.4, -0.2) is 32.1 Å². The number of morpholine rings is 1. The number of aryl methyl sites for hydroxylation is 1. The van der Waals surface area contributed by atoms with Crippen LogP contribution in [-0.2, 0) is 4.74 Å². The van der Waals surface area contributed by atoms with Gasteiger partial charge in [-0.05, 0) is 30.4 Å². The summed E-state index contributed by atoms with van der Waals surface area (Å²) in [6.07, 6.45) is 0. The standard InChI is InChI=1S/C14H18N2OS/c1-3-18-14-9-12(8-11(2)13(14)10-15)16-4-6-17-7-5-16/h8-9H,3-7H2,1-2H3. The molecule has 1 heterocycles. The number of ether oxygens (including phenoxy) is 1. The molecule has 1 aromatic carbocycles. The van der Waals surface area contributed by atoms with Crippen LogP contribution in [0.25, 0.3) is 0 Å². The molecule has 0 radical (unpaired) electrons. The molecule has 1 aliphatic rings. The van der Waals surface area contributed by atoms with Gasteiger partial charge in [-0.1, -0.05) is 6.92 Å². The van der Waals surface area contributed by atoms with Gasteiger partial charge in [-0.3, -0.25) is 0 Å².